The Hall–Kier alpha value is -8.34. The SMILES string of the molecule is c1ccc(-c2cccc(-c3nc(-c4ccc(-c5cccc(-c6cc(-c7ccccc7)nc7ccc8ccccc8c67)c5)cc4)nc(-c4cccc(-c5ccccc5)c4)n3)c2)cc1. The second-order valence-electron chi connectivity index (χ2n) is 15.5. The van der Waals surface area contributed by atoms with Crippen molar-refractivity contribution in [1.82, 2.24) is 19.9 Å². The van der Waals surface area contributed by atoms with Crippen LogP contribution in [0.3, 0.4) is 0 Å². The first-order valence-corrected chi connectivity index (χ1v) is 20.9. The maximum Gasteiger partial charge on any atom is 0.164 e. The van der Waals surface area contributed by atoms with Gasteiger partial charge in [0.25, 0.3) is 0 Å². The predicted molar refractivity (Wildman–Crippen MR) is 256 cm³/mol. The molecule has 0 N–H and O–H groups in total. The Balaban J connectivity index is 0.999. The van der Waals surface area contributed by atoms with Gasteiger partial charge >= 0.3 is 0 Å². The number of rotatable bonds is 8. The van der Waals surface area contributed by atoms with Gasteiger partial charge in [0, 0.05) is 27.6 Å². The Bertz CT molecular complexity index is 3280. The monoisotopic (exact) mass is 790 g/mol. The van der Waals surface area contributed by atoms with Crippen molar-refractivity contribution in [3.8, 4) is 89.9 Å². The Labute approximate surface area is 360 Å². The summed E-state index contributed by atoms with van der Waals surface area (Å²) in [6.07, 6.45) is 0. The van der Waals surface area contributed by atoms with Crippen LogP contribution in [0.2, 0.25) is 0 Å². The van der Waals surface area contributed by atoms with Gasteiger partial charge in [0.15, 0.2) is 17.5 Å². The molecule has 11 rings (SSSR count). The largest absolute Gasteiger partial charge is 0.248 e. The van der Waals surface area contributed by atoms with E-state index in [0.717, 1.165) is 83.4 Å². The van der Waals surface area contributed by atoms with E-state index < -0.39 is 0 Å². The zero-order chi connectivity index (χ0) is 41.2. The molecule has 0 unspecified atom stereocenters. The molecule has 4 heteroatoms. The molecule has 0 saturated heterocycles. The molecule has 11 aromatic rings. The number of pyridine rings is 1. The third kappa shape index (κ3) is 7.20. The molecule has 4 nitrogen and oxygen atoms in total. The summed E-state index contributed by atoms with van der Waals surface area (Å²) in [7, 11) is 0. The van der Waals surface area contributed by atoms with Crippen LogP contribution in [0.4, 0.5) is 0 Å². The summed E-state index contributed by atoms with van der Waals surface area (Å²) in [5, 5.41) is 3.54. The summed E-state index contributed by atoms with van der Waals surface area (Å²) in [4.78, 5) is 20.5. The molecule has 0 fully saturated rings. The molecular weight excluding hydrogens is 753 g/mol. The summed E-state index contributed by atoms with van der Waals surface area (Å²) in [5.74, 6) is 1.86. The molecule has 0 amide bonds. The fraction of sp³-hybridized carbons (Fsp3) is 0. The average molecular weight is 791 g/mol. The van der Waals surface area contributed by atoms with Crippen LogP contribution in [0.5, 0.6) is 0 Å². The Morgan fingerprint density at radius 3 is 1.24 bits per heavy atom. The van der Waals surface area contributed by atoms with Crippen molar-refractivity contribution in [2.75, 3.05) is 0 Å². The molecular formula is C58H38N4. The lowest BCUT2D eigenvalue weighted by atomic mass is 9.92. The van der Waals surface area contributed by atoms with Gasteiger partial charge in [0.2, 0.25) is 0 Å². The number of hydrogen-bond acceptors (Lipinski definition) is 4. The van der Waals surface area contributed by atoms with Crippen LogP contribution in [0.1, 0.15) is 0 Å². The predicted octanol–water partition coefficient (Wildman–Crippen LogP) is 14.9. The lowest BCUT2D eigenvalue weighted by Crippen LogP contribution is -2.00. The molecule has 290 valence electrons. The van der Waals surface area contributed by atoms with Crippen molar-refractivity contribution in [3.63, 3.8) is 0 Å². The molecule has 0 aliphatic heterocycles. The van der Waals surface area contributed by atoms with E-state index in [2.05, 4.69) is 212 Å². The molecule has 0 aliphatic carbocycles. The van der Waals surface area contributed by atoms with Crippen LogP contribution >= 0.6 is 0 Å². The van der Waals surface area contributed by atoms with E-state index in [1.54, 1.807) is 0 Å². The second kappa shape index (κ2) is 16.0. The van der Waals surface area contributed by atoms with Crippen molar-refractivity contribution in [1.29, 1.82) is 0 Å². The molecule has 0 bridgehead atoms. The van der Waals surface area contributed by atoms with Crippen molar-refractivity contribution < 1.29 is 0 Å². The summed E-state index contributed by atoms with van der Waals surface area (Å²) >= 11 is 0. The summed E-state index contributed by atoms with van der Waals surface area (Å²) < 4.78 is 0. The van der Waals surface area contributed by atoms with E-state index in [-0.39, 0.29) is 0 Å². The van der Waals surface area contributed by atoms with Crippen LogP contribution in [-0.2, 0) is 0 Å². The van der Waals surface area contributed by atoms with E-state index in [9.17, 15) is 0 Å². The van der Waals surface area contributed by atoms with Gasteiger partial charge in [-0.05, 0) is 85.6 Å². The standard InChI is InChI=1S/C58H38N4/c1-4-15-39(16-5-1)46-23-13-26-49(36-46)57-60-56(61-58(62-57)50-27-14-24-47(37-50)40-17-6-2-7-18-40)44-31-29-41(30-32-44)45-22-12-25-48(35-45)52-38-54(43-20-8-3-9-21-43)59-53-34-33-42-19-10-11-28-51(42)55(52)53/h1-38H. The van der Waals surface area contributed by atoms with Crippen molar-refractivity contribution in [2.45, 2.75) is 0 Å². The third-order valence-electron chi connectivity index (χ3n) is 11.5. The van der Waals surface area contributed by atoms with Gasteiger partial charge in [-0.3, -0.25) is 0 Å². The van der Waals surface area contributed by atoms with Crippen LogP contribution in [0.15, 0.2) is 231 Å². The van der Waals surface area contributed by atoms with Crippen LogP contribution in [-0.4, -0.2) is 19.9 Å². The summed E-state index contributed by atoms with van der Waals surface area (Å²) in [5.41, 5.74) is 14.8. The minimum atomic E-state index is 0.615. The maximum atomic E-state index is 5.17. The van der Waals surface area contributed by atoms with Crippen LogP contribution in [0.25, 0.3) is 112 Å². The second-order valence-corrected chi connectivity index (χ2v) is 15.5. The van der Waals surface area contributed by atoms with Gasteiger partial charge in [0.05, 0.1) is 11.2 Å². The molecule has 9 aromatic carbocycles. The minimum absolute atomic E-state index is 0.615. The Morgan fingerprint density at radius 1 is 0.242 bits per heavy atom. The molecule has 0 radical (unpaired) electrons. The number of nitrogens with zero attached hydrogens (tertiary/aromatic N) is 4. The molecule has 0 saturated carbocycles. The molecule has 0 aliphatic rings. The smallest absolute Gasteiger partial charge is 0.164 e. The molecule has 62 heavy (non-hydrogen) atoms. The zero-order valence-electron chi connectivity index (χ0n) is 33.7. The maximum absolute atomic E-state index is 5.17. The number of benzene rings is 9. The van der Waals surface area contributed by atoms with Gasteiger partial charge in [0.1, 0.15) is 0 Å². The van der Waals surface area contributed by atoms with Gasteiger partial charge in [-0.15, -0.1) is 0 Å². The van der Waals surface area contributed by atoms with Crippen LogP contribution < -0.4 is 0 Å². The first-order chi connectivity index (χ1) is 30.7. The fourth-order valence-electron chi connectivity index (χ4n) is 8.37. The highest BCUT2D eigenvalue weighted by Crippen LogP contribution is 2.38. The number of fused-ring (bicyclic) bond motifs is 3. The third-order valence-corrected chi connectivity index (χ3v) is 11.5. The minimum Gasteiger partial charge on any atom is -0.248 e. The number of hydrogen-bond donors (Lipinski definition) is 0. The van der Waals surface area contributed by atoms with Crippen LogP contribution in [0, 0.1) is 0 Å². The zero-order valence-corrected chi connectivity index (χ0v) is 33.7. The van der Waals surface area contributed by atoms with Gasteiger partial charge in [-0.1, -0.05) is 200 Å². The van der Waals surface area contributed by atoms with Crippen molar-refractivity contribution >= 4 is 21.7 Å². The summed E-state index contributed by atoms with van der Waals surface area (Å²) in [6.45, 7) is 0. The quantitative estimate of drug-likeness (QED) is 0.144. The van der Waals surface area contributed by atoms with Gasteiger partial charge in [-0.25, -0.2) is 19.9 Å². The first-order valence-electron chi connectivity index (χ1n) is 20.9. The topological polar surface area (TPSA) is 51.6 Å². The summed E-state index contributed by atoms with van der Waals surface area (Å²) in [6, 6.07) is 80.6. The fourth-order valence-corrected chi connectivity index (χ4v) is 8.37. The van der Waals surface area contributed by atoms with Crippen molar-refractivity contribution in [2.24, 2.45) is 0 Å². The van der Waals surface area contributed by atoms with Crippen molar-refractivity contribution in [3.05, 3.63) is 231 Å². The van der Waals surface area contributed by atoms with E-state index in [4.69, 9.17) is 19.9 Å². The van der Waals surface area contributed by atoms with Gasteiger partial charge < -0.3 is 0 Å². The lowest BCUT2D eigenvalue weighted by molar-refractivity contribution is 1.07. The number of aromatic nitrogens is 4. The van der Waals surface area contributed by atoms with E-state index >= 15 is 0 Å². The highest BCUT2D eigenvalue weighted by molar-refractivity contribution is 6.14. The molecule has 2 aromatic heterocycles. The molecule has 0 atom stereocenters. The normalized spacial score (nSPS) is 11.2. The highest BCUT2D eigenvalue weighted by Gasteiger charge is 2.16. The average Bonchev–Trinajstić information content (AvgIpc) is 3.37. The lowest BCUT2D eigenvalue weighted by Gasteiger charge is -2.14. The highest BCUT2D eigenvalue weighted by atomic mass is 15.0. The van der Waals surface area contributed by atoms with E-state index in [1.807, 2.05) is 18.2 Å². The van der Waals surface area contributed by atoms with E-state index in [0.29, 0.717) is 17.5 Å². The Kier molecular flexibility index (Phi) is 9.49. The first kappa shape index (κ1) is 36.7. The Morgan fingerprint density at radius 2 is 0.661 bits per heavy atom. The van der Waals surface area contributed by atoms with E-state index in [1.165, 1.54) is 10.8 Å². The molecule has 2 heterocycles. The van der Waals surface area contributed by atoms with Gasteiger partial charge in [-0.2, -0.15) is 0 Å². The molecule has 0 spiro atoms.